The molecule has 0 aliphatic carbocycles. The van der Waals surface area contributed by atoms with E-state index < -0.39 is 0 Å². The minimum atomic E-state index is 0.0496. The van der Waals surface area contributed by atoms with Gasteiger partial charge in [0.2, 0.25) is 5.91 Å². The van der Waals surface area contributed by atoms with Crippen LogP contribution in [0, 0.1) is 5.92 Å². The monoisotopic (exact) mass is 367 g/mol. The number of benzene rings is 1. The summed E-state index contributed by atoms with van der Waals surface area (Å²) < 4.78 is 0. The molecule has 2 atom stereocenters. The highest BCUT2D eigenvalue weighted by atomic mass is 32.2. The molecule has 2 fully saturated rings. The van der Waals surface area contributed by atoms with Gasteiger partial charge in [-0.3, -0.25) is 9.59 Å². The highest BCUT2D eigenvalue weighted by molar-refractivity contribution is 7.98. The zero-order valence-corrected chi connectivity index (χ0v) is 15.2. The van der Waals surface area contributed by atoms with E-state index in [1.165, 1.54) is 5.56 Å². The van der Waals surface area contributed by atoms with Crippen LogP contribution in [0.5, 0.6) is 0 Å². The molecular weight excluding hydrogens is 346 g/mol. The average Bonchev–Trinajstić information content (AvgIpc) is 3.06. The lowest BCUT2D eigenvalue weighted by Crippen LogP contribution is -2.49. The second-order valence-electron chi connectivity index (χ2n) is 6.83. The van der Waals surface area contributed by atoms with Crippen molar-refractivity contribution in [3.05, 3.63) is 59.8 Å². The first-order valence-electron chi connectivity index (χ1n) is 8.90. The van der Waals surface area contributed by atoms with Gasteiger partial charge in [-0.25, -0.2) is 4.98 Å². The van der Waals surface area contributed by atoms with E-state index in [1.807, 2.05) is 47.4 Å². The summed E-state index contributed by atoms with van der Waals surface area (Å²) in [5.41, 5.74) is 1.87. The third kappa shape index (κ3) is 3.75. The third-order valence-electron chi connectivity index (χ3n) is 5.06. The van der Waals surface area contributed by atoms with Crippen LogP contribution in [0.2, 0.25) is 0 Å². The van der Waals surface area contributed by atoms with Crippen molar-refractivity contribution < 1.29 is 9.59 Å². The number of thioether (sulfide) groups is 1. The van der Waals surface area contributed by atoms with Crippen molar-refractivity contribution in [1.29, 1.82) is 0 Å². The molecule has 4 rings (SSSR count). The van der Waals surface area contributed by atoms with Crippen LogP contribution < -0.4 is 5.32 Å². The zero-order valence-electron chi connectivity index (χ0n) is 14.4. The number of piperidine rings is 1. The van der Waals surface area contributed by atoms with Crippen LogP contribution in [0.15, 0.2) is 53.7 Å². The van der Waals surface area contributed by atoms with E-state index in [0.29, 0.717) is 24.4 Å². The average molecular weight is 367 g/mol. The van der Waals surface area contributed by atoms with Gasteiger partial charge in [-0.1, -0.05) is 18.2 Å². The molecular formula is C20H21N3O2S. The molecule has 5 nitrogen and oxygen atoms in total. The maximum Gasteiger partial charge on any atom is 0.253 e. The number of pyridine rings is 1. The maximum atomic E-state index is 12.8. The van der Waals surface area contributed by atoms with E-state index in [4.69, 9.17) is 0 Å². The first-order valence-corrected chi connectivity index (χ1v) is 9.89. The van der Waals surface area contributed by atoms with Crippen LogP contribution >= 0.6 is 11.8 Å². The Balaban J connectivity index is 1.36. The Hall–Kier alpha value is -2.34. The molecule has 1 N–H and O–H groups in total. The predicted molar refractivity (Wildman–Crippen MR) is 101 cm³/mol. The minimum absolute atomic E-state index is 0.0496. The van der Waals surface area contributed by atoms with Gasteiger partial charge < -0.3 is 10.2 Å². The number of rotatable bonds is 4. The molecule has 2 aromatic rings. The largest absolute Gasteiger partial charge is 0.351 e. The predicted octanol–water partition coefficient (Wildman–Crippen LogP) is 2.72. The molecule has 1 aromatic carbocycles. The molecule has 2 aliphatic heterocycles. The molecule has 2 saturated heterocycles. The van der Waals surface area contributed by atoms with Crippen LogP contribution in [-0.4, -0.2) is 40.8 Å². The van der Waals surface area contributed by atoms with E-state index >= 15 is 0 Å². The first-order chi connectivity index (χ1) is 12.7. The number of fused-ring (bicyclic) bond motifs is 1. The molecule has 0 spiro atoms. The van der Waals surface area contributed by atoms with Gasteiger partial charge >= 0.3 is 0 Å². The Morgan fingerprint density at radius 1 is 1.23 bits per heavy atom. The van der Waals surface area contributed by atoms with Crippen molar-refractivity contribution in [2.45, 2.75) is 29.7 Å². The number of likely N-dealkylation sites (tertiary alicyclic amines) is 1. The number of hydrogen-bond donors (Lipinski definition) is 1. The third-order valence-corrected chi connectivity index (χ3v) is 6.08. The van der Waals surface area contributed by atoms with Crippen molar-refractivity contribution in [1.82, 2.24) is 15.2 Å². The Bertz CT molecular complexity index is 794. The summed E-state index contributed by atoms with van der Waals surface area (Å²) >= 11 is 1.68. The van der Waals surface area contributed by atoms with Crippen LogP contribution in [0.3, 0.4) is 0 Å². The smallest absolute Gasteiger partial charge is 0.253 e. The number of nitrogens with zero attached hydrogens (tertiary/aromatic N) is 2. The topological polar surface area (TPSA) is 62.3 Å². The summed E-state index contributed by atoms with van der Waals surface area (Å²) in [5.74, 6) is 1.38. The fraction of sp³-hybridized carbons (Fsp3) is 0.350. The Kier molecular flexibility index (Phi) is 4.93. The van der Waals surface area contributed by atoms with E-state index in [2.05, 4.69) is 10.3 Å². The van der Waals surface area contributed by atoms with Gasteiger partial charge in [0.05, 0.1) is 5.03 Å². The van der Waals surface area contributed by atoms with Gasteiger partial charge in [-0.05, 0) is 42.2 Å². The summed E-state index contributed by atoms with van der Waals surface area (Å²) in [6, 6.07) is 13.8. The van der Waals surface area contributed by atoms with Gasteiger partial charge in [0, 0.05) is 43.1 Å². The van der Waals surface area contributed by atoms with E-state index in [9.17, 15) is 9.59 Å². The van der Waals surface area contributed by atoms with Crippen molar-refractivity contribution >= 4 is 23.6 Å². The molecule has 0 bridgehead atoms. The van der Waals surface area contributed by atoms with Gasteiger partial charge in [0.25, 0.3) is 5.91 Å². The van der Waals surface area contributed by atoms with Crippen molar-refractivity contribution in [3.8, 4) is 0 Å². The fourth-order valence-electron chi connectivity index (χ4n) is 3.61. The Labute approximate surface area is 157 Å². The molecule has 2 aliphatic rings. The number of carbonyl (C=O) groups excluding carboxylic acids is 2. The van der Waals surface area contributed by atoms with Crippen molar-refractivity contribution in [2.24, 2.45) is 5.92 Å². The maximum absolute atomic E-state index is 12.8. The number of amides is 2. The summed E-state index contributed by atoms with van der Waals surface area (Å²) in [6.07, 6.45) is 3.29. The highest BCUT2D eigenvalue weighted by Crippen LogP contribution is 2.27. The number of aromatic nitrogens is 1. The molecule has 3 heterocycles. The van der Waals surface area contributed by atoms with Crippen LogP contribution in [0.4, 0.5) is 0 Å². The fourth-order valence-corrected chi connectivity index (χ4v) is 4.43. The van der Waals surface area contributed by atoms with Crippen molar-refractivity contribution in [3.63, 3.8) is 0 Å². The molecule has 26 heavy (non-hydrogen) atoms. The molecule has 134 valence electrons. The summed E-state index contributed by atoms with van der Waals surface area (Å²) in [4.78, 5) is 30.5. The van der Waals surface area contributed by atoms with Crippen LogP contribution in [0.25, 0.3) is 0 Å². The van der Waals surface area contributed by atoms with Gasteiger partial charge in [-0.2, -0.15) is 0 Å². The van der Waals surface area contributed by atoms with Gasteiger partial charge in [0.1, 0.15) is 0 Å². The molecule has 0 radical (unpaired) electrons. The molecule has 0 unspecified atom stereocenters. The van der Waals surface area contributed by atoms with E-state index in [1.54, 1.807) is 18.0 Å². The molecule has 6 heteroatoms. The van der Waals surface area contributed by atoms with Gasteiger partial charge in [0.15, 0.2) is 0 Å². The lowest BCUT2D eigenvalue weighted by molar-refractivity contribution is -0.119. The summed E-state index contributed by atoms with van der Waals surface area (Å²) in [6.45, 7) is 1.35. The quantitative estimate of drug-likeness (QED) is 0.844. The second-order valence-corrected chi connectivity index (χ2v) is 7.83. The lowest BCUT2D eigenvalue weighted by atomic mass is 9.92. The molecule has 1 aromatic heterocycles. The SMILES string of the molecule is O=C1C[C@H]2CCN(C(=O)c3ccc(CSc4ccccn4)cc3)C[C@H]2N1. The number of hydrogen-bond acceptors (Lipinski definition) is 4. The minimum Gasteiger partial charge on any atom is -0.351 e. The lowest BCUT2D eigenvalue weighted by Gasteiger charge is -2.34. The van der Waals surface area contributed by atoms with Crippen LogP contribution in [-0.2, 0) is 10.5 Å². The number of nitrogens with one attached hydrogen (secondary N) is 1. The van der Waals surface area contributed by atoms with E-state index in [-0.39, 0.29) is 17.9 Å². The molecule has 0 saturated carbocycles. The normalized spacial score (nSPS) is 22.0. The standard InChI is InChI=1S/C20H21N3O2S/c24-18-11-16-8-10-23(12-17(16)22-18)20(25)15-6-4-14(5-7-15)13-26-19-3-1-2-9-21-19/h1-7,9,16-17H,8,10-13H2,(H,22,24)/t16-,17-/m1/s1. The Morgan fingerprint density at radius 2 is 2.08 bits per heavy atom. The first kappa shape index (κ1) is 17.1. The number of carbonyl (C=O) groups is 2. The molecule has 2 amide bonds. The summed E-state index contributed by atoms with van der Waals surface area (Å²) in [5, 5.41) is 3.99. The zero-order chi connectivity index (χ0) is 17.9. The summed E-state index contributed by atoms with van der Waals surface area (Å²) in [7, 11) is 0. The van der Waals surface area contributed by atoms with Gasteiger partial charge in [-0.15, -0.1) is 11.8 Å². The van der Waals surface area contributed by atoms with Crippen LogP contribution in [0.1, 0.15) is 28.8 Å². The van der Waals surface area contributed by atoms with Crippen molar-refractivity contribution in [2.75, 3.05) is 13.1 Å². The highest BCUT2D eigenvalue weighted by Gasteiger charge is 2.38. The second kappa shape index (κ2) is 7.50. The van der Waals surface area contributed by atoms with E-state index in [0.717, 1.165) is 23.7 Å². The Morgan fingerprint density at radius 3 is 2.85 bits per heavy atom.